The smallest absolute Gasteiger partial charge is 0.255 e. The summed E-state index contributed by atoms with van der Waals surface area (Å²) in [4.78, 5) is 14.9. The Kier molecular flexibility index (Phi) is 6.32. The number of aromatic amines is 1. The van der Waals surface area contributed by atoms with Crippen molar-refractivity contribution in [2.75, 3.05) is 32.2 Å². The number of aromatic nitrogens is 2. The molecule has 31 heavy (non-hydrogen) atoms. The Morgan fingerprint density at radius 1 is 1.10 bits per heavy atom. The number of halogens is 1. The number of rotatable bonds is 6. The molecule has 1 saturated heterocycles. The molecular formula is C23H25ClN4O3. The van der Waals surface area contributed by atoms with E-state index in [1.165, 1.54) is 7.11 Å². The molecule has 0 bridgehead atoms. The lowest BCUT2D eigenvalue weighted by atomic mass is 10.0. The zero-order chi connectivity index (χ0) is 21.8. The van der Waals surface area contributed by atoms with Gasteiger partial charge < -0.3 is 19.7 Å². The molecule has 0 aliphatic carbocycles. The van der Waals surface area contributed by atoms with Crippen LogP contribution in [0.15, 0.2) is 48.5 Å². The molecule has 2 aromatic carbocycles. The summed E-state index contributed by atoms with van der Waals surface area (Å²) in [7, 11) is 3.19. The topological polar surface area (TPSA) is 79.5 Å². The number of benzene rings is 2. The molecule has 162 valence electrons. The second-order valence-electron chi connectivity index (χ2n) is 7.45. The number of hydrogen-bond donors (Lipinski definition) is 2. The van der Waals surface area contributed by atoms with Crippen molar-refractivity contribution >= 4 is 23.3 Å². The van der Waals surface area contributed by atoms with Crippen LogP contribution in [0.2, 0.25) is 5.02 Å². The summed E-state index contributed by atoms with van der Waals surface area (Å²) in [5, 5.41) is 11.2. The normalized spacial score (nSPS) is 14.4. The third-order valence-corrected chi connectivity index (χ3v) is 5.76. The third kappa shape index (κ3) is 4.77. The van der Waals surface area contributed by atoms with Crippen molar-refractivity contribution in [3.63, 3.8) is 0 Å². The van der Waals surface area contributed by atoms with Crippen LogP contribution in [0.4, 0.5) is 5.82 Å². The first-order chi connectivity index (χ1) is 15.1. The van der Waals surface area contributed by atoms with Crippen molar-refractivity contribution < 1.29 is 14.3 Å². The Bertz CT molecular complexity index is 1040. The Morgan fingerprint density at radius 2 is 1.84 bits per heavy atom. The lowest BCUT2D eigenvalue weighted by molar-refractivity contribution is 0.0928. The van der Waals surface area contributed by atoms with Gasteiger partial charge in [-0.2, -0.15) is 5.10 Å². The zero-order valence-corrected chi connectivity index (χ0v) is 18.3. The Balaban J connectivity index is 1.35. The molecule has 0 unspecified atom stereocenters. The lowest BCUT2D eigenvalue weighted by Gasteiger charge is -2.32. The number of nitrogens with zero attached hydrogens (tertiary/aromatic N) is 2. The highest BCUT2D eigenvalue weighted by atomic mass is 35.5. The Hall–Kier alpha value is -3.19. The molecule has 2 N–H and O–H groups in total. The molecule has 3 aromatic rings. The van der Waals surface area contributed by atoms with E-state index in [2.05, 4.69) is 26.5 Å². The number of carbonyl (C=O) groups excluding carboxylic acids is 1. The molecule has 1 aliphatic rings. The summed E-state index contributed by atoms with van der Waals surface area (Å²) in [6, 6.07) is 15.1. The molecule has 0 saturated carbocycles. The van der Waals surface area contributed by atoms with Crippen molar-refractivity contribution in [1.82, 2.24) is 15.5 Å². The quantitative estimate of drug-likeness (QED) is 0.602. The van der Waals surface area contributed by atoms with Crippen LogP contribution in [0.3, 0.4) is 0 Å². The minimum atomic E-state index is -0.145. The van der Waals surface area contributed by atoms with E-state index in [9.17, 15) is 4.79 Å². The fourth-order valence-corrected chi connectivity index (χ4v) is 3.92. The van der Waals surface area contributed by atoms with Gasteiger partial charge in [0, 0.05) is 30.2 Å². The molecule has 4 rings (SSSR count). The van der Waals surface area contributed by atoms with Crippen LogP contribution in [0.1, 0.15) is 23.2 Å². The summed E-state index contributed by atoms with van der Waals surface area (Å²) >= 11 is 5.99. The van der Waals surface area contributed by atoms with Gasteiger partial charge >= 0.3 is 0 Å². The van der Waals surface area contributed by atoms with Crippen molar-refractivity contribution in [2.24, 2.45) is 0 Å². The maximum atomic E-state index is 12.7. The van der Waals surface area contributed by atoms with E-state index in [1.807, 2.05) is 24.3 Å². The van der Waals surface area contributed by atoms with Gasteiger partial charge in [0.15, 0.2) is 5.82 Å². The van der Waals surface area contributed by atoms with Gasteiger partial charge in [0.2, 0.25) is 0 Å². The van der Waals surface area contributed by atoms with Crippen LogP contribution in [0.5, 0.6) is 11.5 Å². The van der Waals surface area contributed by atoms with Crippen LogP contribution in [0, 0.1) is 0 Å². The summed E-state index contributed by atoms with van der Waals surface area (Å²) in [6.45, 7) is 1.63. The molecule has 2 heterocycles. The molecule has 8 heteroatoms. The molecule has 7 nitrogen and oxygen atoms in total. The molecular weight excluding hydrogens is 416 g/mol. The van der Waals surface area contributed by atoms with Crippen LogP contribution in [0.25, 0.3) is 11.3 Å². The van der Waals surface area contributed by atoms with E-state index in [0.717, 1.165) is 48.8 Å². The van der Waals surface area contributed by atoms with E-state index in [4.69, 9.17) is 21.1 Å². The summed E-state index contributed by atoms with van der Waals surface area (Å²) in [5.74, 6) is 2.07. The number of H-pyrrole nitrogens is 1. The number of methoxy groups -OCH3 is 2. The number of nitrogens with one attached hydrogen (secondary N) is 2. The highest BCUT2D eigenvalue weighted by molar-refractivity contribution is 6.30. The molecule has 1 fully saturated rings. The average molecular weight is 441 g/mol. The van der Waals surface area contributed by atoms with Gasteiger partial charge in [0.1, 0.15) is 11.5 Å². The van der Waals surface area contributed by atoms with Crippen LogP contribution < -0.4 is 19.7 Å². The van der Waals surface area contributed by atoms with E-state index >= 15 is 0 Å². The minimum absolute atomic E-state index is 0.101. The standard InChI is InChI=1S/C23H25ClN4O3/c1-30-18-6-3-15(4-7-18)20-14-22(27-26-20)28-11-9-17(10-12-28)25-23(29)19-8-5-16(24)13-21(19)31-2/h3-8,13-14,17H,9-12H2,1-2H3,(H,25,29)(H,26,27). The largest absolute Gasteiger partial charge is 0.497 e. The van der Waals surface area contributed by atoms with Gasteiger partial charge in [-0.15, -0.1) is 0 Å². The van der Waals surface area contributed by atoms with Gasteiger partial charge in [-0.3, -0.25) is 9.89 Å². The second-order valence-corrected chi connectivity index (χ2v) is 7.88. The number of hydrogen-bond acceptors (Lipinski definition) is 5. The van der Waals surface area contributed by atoms with E-state index in [1.54, 1.807) is 25.3 Å². The number of ether oxygens (including phenoxy) is 2. The summed E-state index contributed by atoms with van der Waals surface area (Å²) < 4.78 is 10.5. The van der Waals surface area contributed by atoms with Gasteiger partial charge in [-0.05, 0) is 60.9 Å². The van der Waals surface area contributed by atoms with Gasteiger partial charge in [0.05, 0.1) is 25.5 Å². The summed E-state index contributed by atoms with van der Waals surface area (Å²) in [6.07, 6.45) is 1.68. The first kappa shape index (κ1) is 21.1. The Morgan fingerprint density at radius 3 is 2.52 bits per heavy atom. The predicted molar refractivity (Wildman–Crippen MR) is 121 cm³/mol. The number of anilines is 1. The predicted octanol–water partition coefficient (Wildman–Crippen LogP) is 4.15. The van der Waals surface area contributed by atoms with E-state index in [0.29, 0.717) is 16.3 Å². The fraction of sp³-hybridized carbons (Fsp3) is 0.304. The number of amides is 1. The second kappa shape index (κ2) is 9.31. The van der Waals surface area contributed by atoms with Crippen LogP contribution in [-0.4, -0.2) is 49.5 Å². The SMILES string of the molecule is COc1ccc(-c2cc(N3CCC(NC(=O)c4ccc(Cl)cc4OC)CC3)n[nH]2)cc1. The van der Waals surface area contributed by atoms with Gasteiger partial charge in [0.25, 0.3) is 5.91 Å². The number of carbonyl (C=O) groups is 1. The first-order valence-corrected chi connectivity index (χ1v) is 10.5. The third-order valence-electron chi connectivity index (χ3n) is 5.53. The molecule has 0 radical (unpaired) electrons. The highest BCUT2D eigenvalue weighted by Crippen LogP contribution is 2.27. The molecule has 0 spiro atoms. The highest BCUT2D eigenvalue weighted by Gasteiger charge is 2.24. The number of piperidine rings is 1. The Labute approximate surface area is 186 Å². The van der Waals surface area contributed by atoms with Gasteiger partial charge in [-0.25, -0.2) is 0 Å². The van der Waals surface area contributed by atoms with Crippen molar-refractivity contribution in [3.05, 3.63) is 59.1 Å². The van der Waals surface area contributed by atoms with E-state index < -0.39 is 0 Å². The van der Waals surface area contributed by atoms with Crippen LogP contribution in [-0.2, 0) is 0 Å². The van der Waals surface area contributed by atoms with Crippen LogP contribution >= 0.6 is 11.6 Å². The first-order valence-electron chi connectivity index (χ1n) is 10.2. The van der Waals surface area contributed by atoms with Crippen molar-refractivity contribution in [2.45, 2.75) is 18.9 Å². The molecule has 1 amide bonds. The minimum Gasteiger partial charge on any atom is -0.497 e. The molecule has 0 atom stereocenters. The maximum Gasteiger partial charge on any atom is 0.255 e. The fourth-order valence-electron chi connectivity index (χ4n) is 3.76. The lowest BCUT2D eigenvalue weighted by Crippen LogP contribution is -2.44. The summed E-state index contributed by atoms with van der Waals surface area (Å²) in [5.41, 5.74) is 2.51. The van der Waals surface area contributed by atoms with Crippen molar-refractivity contribution in [1.29, 1.82) is 0 Å². The molecule has 1 aromatic heterocycles. The maximum absolute atomic E-state index is 12.7. The molecule has 1 aliphatic heterocycles. The van der Waals surface area contributed by atoms with E-state index in [-0.39, 0.29) is 11.9 Å². The van der Waals surface area contributed by atoms with Crippen molar-refractivity contribution in [3.8, 4) is 22.8 Å². The monoisotopic (exact) mass is 440 g/mol. The van der Waals surface area contributed by atoms with Gasteiger partial charge in [-0.1, -0.05) is 11.6 Å². The zero-order valence-electron chi connectivity index (χ0n) is 17.5. The average Bonchev–Trinajstić information content (AvgIpc) is 3.29.